The van der Waals surface area contributed by atoms with Gasteiger partial charge in [-0.1, -0.05) is 19.8 Å². The van der Waals surface area contributed by atoms with Gasteiger partial charge in [0.25, 0.3) is 0 Å². The summed E-state index contributed by atoms with van der Waals surface area (Å²) in [6.45, 7) is 5.35. The maximum atomic E-state index is 11.3. The second kappa shape index (κ2) is 4.64. The smallest absolute Gasteiger partial charge is 0.212 e. The van der Waals surface area contributed by atoms with Crippen LogP contribution >= 0.6 is 0 Å². The Hall–Kier alpha value is -0.530. The Morgan fingerprint density at radius 2 is 1.77 bits per heavy atom. The first-order chi connectivity index (χ1) is 5.95. The Bertz CT molecular complexity index is 283. The fraction of sp³-hybridized carbons (Fsp3) is 0.778. The number of sulfonamides is 1. The van der Waals surface area contributed by atoms with E-state index in [-0.39, 0.29) is 5.75 Å². The Balaban J connectivity index is 4.74. The second-order valence-corrected chi connectivity index (χ2v) is 4.95. The molecule has 0 saturated heterocycles. The van der Waals surface area contributed by atoms with Gasteiger partial charge in [-0.05, 0) is 19.8 Å². The number of nitrogens with one attached hydrogen (secondary N) is 1. The van der Waals surface area contributed by atoms with Crippen molar-refractivity contribution in [1.29, 1.82) is 0 Å². The van der Waals surface area contributed by atoms with Crippen molar-refractivity contribution in [2.45, 2.75) is 39.2 Å². The molecular weight excluding hydrogens is 186 g/mol. The third-order valence-electron chi connectivity index (χ3n) is 2.21. The summed E-state index contributed by atoms with van der Waals surface area (Å²) in [6.07, 6.45) is 6.53. The van der Waals surface area contributed by atoms with Crippen molar-refractivity contribution in [2.75, 3.05) is 5.75 Å². The van der Waals surface area contributed by atoms with Crippen molar-refractivity contribution < 1.29 is 8.42 Å². The van der Waals surface area contributed by atoms with Gasteiger partial charge in [-0.3, -0.25) is 0 Å². The van der Waals surface area contributed by atoms with Crippen LogP contribution in [-0.2, 0) is 10.0 Å². The first kappa shape index (κ1) is 12.5. The van der Waals surface area contributed by atoms with Gasteiger partial charge in [-0.15, -0.1) is 6.42 Å². The second-order valence-electron chi connectivity index (χ2n) is 2.94. The molecule has 76 valence electrons. The Labute approximate surface area is 81.0 Å². The highest BCUT2D eigenvalue weighted by atomic mass is 32.2. The average Bonchev–Trinajstić information content (AvgIpc) is 2.14. The summed E-state index contributed by atoms with van der Waals surface area (Å²) in [5, 5.41) is 0. The maximum Gasteiger partial charge on any atom is 0.212 e. The van der Waals surface area contributed by atoms with Gasteiger partial charge in [0.1, 0.15) is 0 Å². The van der Waals surface area contributed by atoms with E-state index in [9.17, 15) is 8.42 Å². The molecule has 0 heterocycles. The SMILES string of the molecule is C#CC(CC)(CC)NS(=O)(=O)CC. The summed E-state index contributed by atoms with van der Waals surface area (Å²) in [5.74, 6) is 2.58. The molecule has 0 saturated carbocycles. The largest absolute Gasteiger partial charge is 0.212 e. The van der Waals surface area contributed by atoms with E-state index in [1.165, 1.54) is 0 Å². The number of hydrogen-bond donors (Lipinski definition) is 1. The lowest BCUT2D eigenvalue weighted by molar-refractivity contribution is 0.452. The van der Waals surface area contributed by atoms with Gasteiger partial charge in [0.2, 0.25) is 10.0 Å². The summed E-state index contributed by atoms with van der Waals surface area (Å²) in [7, 11) is -3.21. The van der Waals surface area contributed by atoms with Gasteiger partial charge >= 0.3 is 0 Å². The zero-order valence-corrected chi connectivity index (χ0v) is 9.24. The predicted molar refractivity (Wildman–Crippen MR) is 54.7 cm³/mol. The normalized spacial score (nSPS) is 12.5. The summed E-state index contributed by atoms with van der Waals surface area (Å²) in [5.41, 5.74) is -0.700. The minimum Gasteiger partial charge on any atom is -0.212 e. The van der Waals surface area contributed by atoms with Gasteiger partial charge in [0.15, 0.2) is 0 Å². The predicted octanol–water partition coefficient (Wildman–Crippen LogP) is 1.12. The molecular formula is C9H17NO2S. The Kier molecular flexibility index (Phi) is 4.45. The fourth-order valence-electron chi connectivity index (χ4n) is 0.998. The van der Waals surface area contributed by atoms with E-state index in [1.807, 2.05) is 13.8 Å². The van der Waals surface area contributed by atoms with Gasteiger partial charge < -0.3 is 0 Å². The van der Waals surface area contributed by atoms with Crippen molar-refractivity contribution >= 4 is 10.0 Å². The minimum atomic E-state index is -3.21. The van der Waals surface area contributed by atoms with Crippen LogP contribution in [0.25, 0.3) is 0 Å². The standard InChI is InChI=1S/C9H17NO2S/c1-5-9(6-2,7-3)10-13(11,12)8-4/h1,10H,6-8H2,2-4H3. The molecule has 0 amide bonds. The van der Waals surface area contributed by atoms with Crippen molar-refractivity contribution in [3.05, 3.63) is 0 Å². The first-order valence-corrected chi connectivity index (χ1v) is 6.10. The molecule has 0 aromatic carbocycles. The van der Waals surface area contributed by atoms with Crippen molar-refractivity contribution in [3.63, 3.8) is 0 Å². The van der Waals surface area contributed by atoms with Crippen LogP contribution in [0, 0.1) is 12.3 Å². The van der Waals surface area contributed by atoms with Crippen LogP contribution in [0.15, 0.2) is 0 Å². The van der Waals surface area contributed by atoms with Gasteiger partial charge in [0.05, 0.1) is 11.3 Å². The number of rotatable bonds is 5. The van der Waals surface area contributed by atoms with E-state index in [1.54, 1.807) is 6.92 Å². The monoisotopic (exact) mass is 203 g/mol. The molecule has 0 aromatic heterocycles. The highest BCUT2D eigenvalue weighted by Crippen LogP contribution is 2.14. The van der Waals surface area contributed by atoms with Crippen LogP contribution in [0.2, 0.25) is 0 Å². The Morgan fingerprint density at radius 3 is 2.00 bits per heavy atom. The summed E-state index contributed by atoms with van der Waals surface area (Å²) >= 11 is 0. The lowest BCUT2D eigenvalue weighted by atomic mass is 9.96. The minimum absolute atomic E-state index is 0.0659. The first-order valence-electron chi connectivity index (χ1n) is 4.44. The molecule has 0 radical (unpaired) electrons. The molecule has 0 spiro atoms. The van der Waals surface area contributed by atoms with Crippen molar-refractivity contribution in [1.82, 2.24) is 4.72 Å². The van der Waals surface area contributed by atoms with E-state index in [0.29, 0.717) is 12.8 Å². The molecule has 0 aromatic rings. The molecule has 3 nitrogen and oxygen atoms in total. The maximum absolute atomic E-state index is 11.3. The molecule has 4 heteroatoms. The average molecular weight is 203 g/mol. The van der Waals surface area contributed by atoms with Gasteiger partial charge in [-0.25, -0.2) is 8.42 Å². The van der Waals surface area contributed by atoms with Crippen LogP contribution < -0.4 is 4.72 Å². The quantitative estimate of drug-likeness (QED) is 0.681. The third-order valence-corrected chi connectivity index (χ3v) is 3.68. The molecule has 13 heavy (non-hydrogen) atoms. The zero-order chi connectivity index (χ0) is 10.5. The van der Waals surface area contributed by atoms with Gasteiger partial charge in [-0.2, -0.15) is 4.72 Å². The molecule has 0 atom stereocenters. The van der Waals surface area contributed by atoms with Crippen LogP contribution in [0.5, 0.6) is 0 Å². The topological polar surface area (TPSA) is 46.2 Å². The molecule has 0 aliphatic heterocycles. The molecule has 0 bridgehead atoms. The van der Waals surface area contributed by atoms with E-state index in [0.717, 1.165) is 0 Å². The lowest BCUT2D eigenvalue weighted by Gasteiger charge is -2.26. The third kappa shape index (κ3) is 3.37. The Morgan fingerprint density at radius 1 is 1.31 bits per heavy atom. The molecule has 0 fully saturated rings. The lowest BCUT2D eigenvalue weighted by Crippen LogP contribution is -2.46. The fourth-order valence-corrected chi connectivity index (χ4v) is 2.09. The highest BCUT2D eigenvalue weighted by Gasteiger charge is 2.27. The van der Waals surface area contributed by atoms with Gasteiger partial charge in [0, 0.05) is 0 Å². The highest BCUT2D eigenvalue weighted by molar-refractivity contribution is 7.89. The van der Waals surface area contributed by atoms with E-state index >= 15 is 0 Å². The van der Waals surface area contributed by atoms with Crippen LogP contribution in [0.4, 0.5) is 0 Å². The summed E-state index contributed by atoms with van der Waals surface area (Å²) in [4.78, 5) is 0. The number of hydrogen-bond acceptors (Lipinski definition) is 2. The molecule has 0 rings (SSSR count). The van der Waals surface area contributed by atoms with E-state index in [2.05, 4.69) is 10.6 Å². The number of terminal acetylenes is 1. The van der Waals surface area contributed by atoms with Crippen LogP contribution in [-0.4, -0.2) is 19.7 Å². The van der Waals surface area contributed by atoms with E-state index < -0.39 is 15.6 Å². The zero-order valence-electron chi connectivity index (χ0n) is 8.42. The van der Waals surface area contributed by atoms with Crippen LogP contribution in [0.1, 0.15) is 33.6 Å². The summed E-state index contributed by atoms with van der Waals surface area (Å²) < 4.78 is 25.1. The van der Waals surface area contributed by atoms with Crippen molar-refractivity contribution in [3.8, 4) is 12.3 Å². The molecule has 0 aliphatic carbocycles. The molecule has 1 N–H and O–H groups in total. The molecule has 0 unspecified atom stereocenters. The molecule has 0 aliphatic rings. The summed E-state index contributed by atoms with van der Waals surface area (Å²) in [6, 6.07) is 0. The van der Waals surface area contributed by atoms with Crippen molar-refractivity contribution in [2.24, 2.45) is 0 Å². The van der Waals surface area contributed by atoms with Crippen LogP contribution in [0.3, 0.4) is 0 Å². The van der Waals surface area contributed by atoms with E-state index in [4.69, 9.17) is 6.42 Å².